The number of carbonyl (C=O) groups excluding carboxylic acids is 1. The molecule has 0 unspecified atom stereocenters. The van der Waals surface area contributed by atoms with Gasteiger partial charge in [-0.15, -0.1) is 10.2 Å². The Kier molecular flexibility index (Phi) is 3.21. The number of halogens is 2. The number of nitrogens with one attached hydrogen (secondary N) is 1. The Bertz CT molecular complexity index is 574. The molecule has 0 bridgehead atoms. The topological polar surface area (TPSA) is 80.9 Å². The molecule has 1 amide bonds. The Morgan fingerprint density at radius 3 is 2.82 bits per heavy atom. The summed E-state index contributed by atoms with van der Waals surface area (Å²) in [7, 11) is 0. The van der Waals surface area contributed by atoms with Crippen molar-refractivity contribution in [2.24, 2.45) is 0 Å². The first-order valence-corrected chi connectivity index (χ1v) is 5.61. The Morgan fingerprint density at radius 2 is 2.24 bits per heavy atom. The normalized spacial score (nSPS) is 10.2. The van der Waals surface area contributed by atoms with E-state index in [-0.39, 0.29) is 15.2 Å². The lowest BCUT2D eigenvalue weighted by atomic mass is 10.3. The highest BCUT2D eigenvalue weighted by Crippen LogP contribution is 2.23. The highest BCUT2D eigenvalue weighted by Gasteiger charge is 2.13. The standard InChI is InChI=1S/C9H6ClFN4OS/c10-5-3-4(11)1-2-6(5)13-7(16)8-14-15-9(12)17-8/h1-3H,(H2,12,15)(H,13,16). The summed E-state index contributed by atoms with van der Waals surface area (Å²) in [5, 5.41) is 9.98. The van der Waals surface area contributed by atoms with Gasteiger partial charge in [-0.1, -0.05) is 22.9 Å². The summed E-state index contributed by atoms with van der Waals surface area (Å²) in [6, 6.07) is 3.65. The number of rotatable bonds is 2. The van der Waals surface area contributed by atoms with Gasteiger partial charge in [-0.3, -0.25) is 4.79 Å². The lowest BCUT2D eigenvalue weighted by molar-refractivity contribution is 0.102. The van der Waals surface area contributed by atoms with Crippen LogP contribution in [0.5, 0.6) is 0 Å². The zero-order valence-corrected chi connectivity index (χ0v) is 9.85. The monoisotopic (exact) mass is 272 g/mol. The minimum Gasteiger partial charge on any atom is -0.374 e. The van der Waals surface area contributed by atoms with Crippen LogP contribution in [0.2, 0.25) is 5.02 Å². The van der Waals surface area contributed by atoms with Gasteiger partial charge in [0.25, 0.3) is 5.91 Å². The smallest absolute Gasteiger partial charge is 0.286 e. The van der Waals surface area contributed by atoms with Crippen molar-refractivity contribution >= 4 is 39.7 Å². The van der Waals surface area contributed by atoms with Crippen molar-refractivity contribution in [3.05, 3.63) is 34.0 Å². The molecular formula is C9H6ClFN4OS. The van der Waals surface area contributed by atoms with Crippen molar-refractivity contribution in [3.8, 4) is 0 Å². The fourth-order valence-electron chi connectivity index (χ4n) is 1.09. The van der Waals surface area contributed by atoms with Crippen LogP contribution >= 0.6 is 22.9 Å². The van der Waals surface area contributed by atoms with E-state index in [4.69, 9.17) is 17.3 Å². The van der Waals surface area contributed by atoms with E-state index in [9.17, 15) is 9.18 Å². The van der Waals surface area contributed by atoms with Crippen LogP contribution in [-0.4, -0.2) is 16.1 Å². The molecule has 2 rings (SSSR count). The molecule has 1 aromatic carbocycles. The van der Waals surface area contributed by atoms with E-state index < -0.39 is 11.7 Å². The Labute approximate surface area is 104 Å². The van der Waals surface area contributed by atoms with Crippen LogP contribution in [0.25, 0.3) is 0 Å². The second-order valence-corrected chi connectivity index (χ2v) is 4.44. The second kappa shape index (κ2) is 4.64. The number of nitrogens with zero attached hydrogens (tertiary/aromatic N) is 2. The first kappa shape index (κ1) is 11.7. The van der Waals surface area contributed by atoms with Crippen LogP contribution < -0.4 is 11.1 Å². The summed E-state index contributed by atoms with van der Waals surface area (Å²) < 4.78 is 12.8. The van der Waals surface area contributed by atoms with Crippen molar-refractivity contribution in [1.82, 2.24) is 10.2 Å². The second-order valence-electron chi connectivity index (χ2n) is 3.02. The van der Waals surface area contributed by atoms with E-state index in [2.05, 4.69) is 15.5 Å². The molecule has 0 radical (unpaired) electrons. The number of carbonyl (C=O) groups is 1. The predicted molar refractivity (Wildman–Crippen MR) is 63.7 cm³/mol. The Balaban J connectivity index is 2.18. The van der Waals surface area contributed by atoms with Crippen molar-refractivity contribution in [2.75, 3.05) is 11.1 Å². The van der Waals surface area contributed by atoms with Gasteiger partial charge in [0, 0.05) is 0 Å². The Hall–Kier alpha value is -1.73. The number of hydrogen-bond acceptors (Lipinski definition) is 5. The van der Waals surface area contributed by atoms with Gasteiger partial charge < -0.3 is 11.1 Å². The summed E-state index contributed by atoms with van der Waals surface area (Å²) >= 11 is 6.70. The van der Waals surface area contributed by atoms with Gasteiger partial charge in [0.15, 0.2) is 0 Å². The highest BCUT2D eigenvalue weighted by atomic mass is 35.5. The van der Waals surface area contributed by atoms with E-state index >= 15 is 0 Å². The van der Waals surface area contributed by atoms with Crippen LogP contribution in [0.4, 0.5) is 15.2 Å². The van der Waals surface area contributed by atoms with Gasteiger partial charge in [-0.25, -0.2) is 4.39 Å². The summed E-state index contributed by atoms with van der Waals surface area (Å²) in [5.74, 6) is -0.971. The number of anilines is 2. The summed E-state index contributed by atoms with van der Waals surface area (Å²) in [5.41, 5.74) is 5.65. The molecule has 0 atom stereocenters. The summed E-state index contributed by atoms with van der Waals surface area (Å²) in [4.78, 5) is 11.7. The molecule has 0 aliphatic carbocycles. The first-order chi connectivity index (χ1) is 8.06. The largest absolute Gasteiger partial charge is 0.374 e. The molecule has 5 nitrogen and oxygen atoms in total. The van der Waals surface area contributed by atoms with Gasteiger partial charge in [0.2, 0.25) is 10.1 Å². The molecule has 0 spiro atoms. The molecule has 0 aliphatic heterocycles. The molecule has 17 heavy (non-hydrogen) atoms. The van der Waals surface area contributed by atoms with E-state index in [1.807, 2.05) is 0 Å². The molecule has 2 aromatic rings. The van der Waals surface area contributed by atoms with Crippen molar-refractivity contribution in [2.45, 2.75) is 0 Å². The molecular weight excluding hydrogens is 267 g/mol. The molecule has 1 aromatic heterocycles. The third-order valence-corrected chi connectivity index (χ3v) is 2.88. The third kappa shape index (κ3) is 2.69. The molecule has 8 heteroatoms. The molecule has 0 aliphatic rings. The number of amides is 1. The zero-order valence-electron chi connectivity index (χ0n) is 8.28. The number of benzene rings is 1. The molecule has 0 saturated carbocycles. The first-order valence-electron chi connectivity index (χ1n) is 4.41. The van der Waals surface area contributed by atoms with Crippen LogP contribution in [0.1, 0.15) is 9.80 Å². The third-order valence-electron chi connectivity index (χ3n) is 1.81. The SMILES string of the molecule is Nc1nnc(C(=O)Nc2ccc(F)cc2Cl)s1. The number of aromatic nitrogens is 2. The van der Waals surface area contributed by atoms with Gasteiger partial charge in [0.05, 0.1) is 10.7 Å². The maximum absolute atomic E-state index is 12.8. The minimum absolute atomic E-state index is 0.107. The van der Waals surface area contributed by atoms with E-state index in [0.717, 1.165) is 17.4 Å². The highest BCUT2D eigenvalue weighted by molar-refractivity contribution is 7.17. The van der Waals surface area contributed by atoms with E-state index in [1.165, 1.54) is 12.1 Å². The molecule has 88 valence electrons. The summed E-state index contributed by atoms with van der Waals surface area (Å²) in [6.45, 7) is 0. The van der Waals surface area contributed by atoms with Crippen LogP contribution in [0.15, 0.2) is 18.2 Å². The molecule has 3 N–H and O–H groups in total. The number of nitrogen functional groups attached to an aromatic ring is 1. The lowest BCUT2D eigenvalue weighted by Gasteiger charge is -2.04. The number of hydrogen-bond donors (Lipinski definition) is 2. The molecule has 1 heterocycles. The maximum atomic E-state index is 12.8. The predicted octanol–water partition coefficient (Wildman–Crippen LogP) is 2.17. The van der Waals surface area contributed by atoms with Crippen LogP contribution in [0, 0.1) is 5.82 Å². The average molecular weight is 273 g/mol. The average Bonchev–Trinajstić information content (AvgIpc) is 2.69. The van der Waals surface area contributed by atoms with Crippen molar-refractivity contribution in [1.29, 1.82) is 0 Å². The molecule has 0 saturated heterocycles. The van der Waals surface area contributed by atoms with Gasteiger partial charge in [-0.2, -0.15) is 0 Å². The number of nitrogens with two attached hydrogens (primary N) is 1. The summed E-state index contributed by atoms with van der Waals surface area (Å²) in [6.07, 6.45) is 0. The maximum Gasteiger partial charge on any atom is 0.286 e. The van der Waals surface area contributed by atoms with Crippen molar-refractivity contribution in [3.63, 3.8) is 0 Å². The van der Waals surface area contributed by atoms with Crippen LogP contribution in [-0.2, 0) is 0 Å². The lowest BCUT2D eigenvalue weighted by Crippen LogP contribution is -2.12. The Morgan fingerprint density at radius 1 is 1.47 bits per heavy atom. The van der Waals surface area contributed by atoms with Gasteiger partial charge >= 0.3 is 0 Å². The molecule has 0 fully saturated rings. The van der Waals surface area contributed by atoms with E-state index in [0.29, 0.717) is 5.69 Å². The quantitative estimate of drug-likeness (QED) is 0.878. The fourth-order valence-corrected chi connectivity index (χ4v) is 1.81. The zero-order chi connectivity index (χ0) is 12.4. The minimum atomic E-state index is -0.493. The van der Waals surface area contributed by atoms with Crippen LogP contribution in [0.3, 0.4) is 0 Å². The van der Waals surface area contributed by atoms with Gasteiger partial charge in [-0.05, 0) is 18.2 Å². The van der Waals surface area contributed by atoms with Gasteiger partial charge in [0.1, 0.15) is 5.82 Å². The fraction of sp³-hybridized carbons (Fsp3) is 0. The van der Waals surface area contributed by atoms with Crippen molar-refractivity contribution < 1.29 is 9.18 Å². The van der Waals surface area contributed by atoms with E-state index in [1.54, 1.807) is 0 Å².